The number of hydrogen-bond donors (Lipinski definition) is 1. The zero-order valence-electron chi connectivity index (χ0n) is 10.1. The molecule has 1 amide bonds. The van der Waals surface area contributed by atoms with Crippen LogP contribution in [0.5, 0.6) is 0 Å². The third kappa shape index (κ3) is 7.04. The second-order valence-electron chi connectivity index (χ2n) is 3.61. The molecule has 0 aliphatic rings. The summed E-state index contributed by atoms with van der Waals surface area (Å²) < 4.78 is 5.07. The minimum Gasteiger partial charge on any atom is -0.459 e. The van der Waals surface area contributed by atoms with Crippen molar-refractivity contribution in [3.8, 4) is 0 Å². The molecule has 1 atom stereocenters. The number of rotatable bonds is 8. The van der Waals surface area contributed by atoms with Crippen molar-refractivity contribution >= 4 is 11.9 Å². The van der Waals surface area contributed by atoms with Crippen LogP contribution < -0.4 is 5.32 Å². The normalized spacial score (nSPS) is 11.6. The molecule has 92 valence electrons. The maximum atomic E-state index is 11.4. The summed E-state index contributed by atoms with van der Waals surface area (Å²) >= 11 is 0. The molecule has 0 rings (SSSR count). The highest BCUT2D eigenvalue weighted by atomic mass is 16.5. The maximum absolute atomic E-state index is 11.4. The molecule has 4 nitrogen and oxygen atoms in total. The van der Waals surface area contributed by atoms with Gasteiger partial charge in [-0.1, -0.05) is 26.8 Å². The monoisotopic (exact) mass is 227 g/mol. The van der Waals surface area contributed by atoms with Crippen LogP contribution in [0.4, 0.5) is 0 Å². The Morgan fingerprint density at radius 2 is 2.06 bits per heavy atom. The fraction of sp³-hybridized carbons (Fsp3) is 0.667. The van der Waals surface area contributed by atoms with E-state index in [-0.39, 0.29) is 18.4 Å². The van der Waals surface area contributed by atoms with Gasteiger partial charge in [0.05, 0.1) is 6.42 Å². The first-order chi connectivity index (χ1) is 7.63. The maximum Gasteiger partial charge on any atom is 0.330 e. The summed E-state index contributed by atoms with van der Waals surface area (Å²) in [4.78, 5) is 22.4. The molecule has 4 heteroatoms. The van der Waals surface area contributed by atoms with E-state index in [9.17, 15) is 9.59 Å². The highest BCUT2D eigenvalue weighted by Crippen LogP contribution is 2.07. The SMILES string of the molecule is C=CC(=O)OC(CCC)CC(=O)NCCC. The Morgan fingerprint density at radius 3 is 2.56 bits per heavy atom. The molecule has 0 aliphatic carbocycles. The summed E-state index contributed by atoms with van der Waals surface area (Å²) in [6.07, 6.45) is 3.47. The molecule has 0 radical (unpaired) electrons. The Bertz CT molecular complexity index is 238. The van der Waals surface area contributed by atoms with Crippen molar-refractivity contribution in [3.05, 3.63) is 12.7 Å². The van der Waals surface area contributed by atoms with Crippen molar-refractivity contribution in [3.63, 3.8) is 0 Å². The summed E-state index contributed by atoms with van der Waals surface area (Å²) in [5.74, 6) is -0.543. The van der Waals surface area contributed by atoms with Gasteiger partial charge in [-0.2, -0.15) is 0 Å². The molecule has 0 fully saturated rings. The van der Waals surface area contributed by atoms with E-state index < -0.39 is 5.97 Å². The van der Waals surface area contributed by atoms with E-state index in [1.54, 1.807) is 0 Å². The molecular formula is C12H21NO3. The van der Waals surface area contributed by atoms with Gasteiger partial charge in [-0.05, 0) is 12.8 Å². The first kappa shape index (κ1) is 14.7. The first-order valence-electron chi connectivity index (χ1n) is 5.73. The molecule has 0 heterocycles. The molecule has 0 spiro atoms. The smallest absolute Gasteiger partial charge is 0.330 e. The highest BCUT2D eigenvalue weighted by molar-refractivity contribution is 5.82. The zero-order chi connectivity index (χ0) is 12.4. The number of ether oxygens (including phenoxy) is 1. The van der Waals surface area contributed by atoms with Crippen LogP contribution in [0.25, 0.3) is 0 Å². The van der Waals surface area contributed by atoms with E-state index in [1.807, 2.05) is 13.8 Å². The van der Waals surface area contributed by atoms with Crippen molar-refractivity contribution < 1.29 is 14.3 Å². The van der Waals surface area contributed by atoms with Crippen LogP contribution in [0.3, 0.4) is 0 Å². The number of nitrogens with one attached hydrogen (secondary N) is 1. The minimum absolute atomic E-state index is 0.0721. The van der Waals surface area contributed by atoms with Gasteiger partial charge in [0.15, 0.2) is 0 Å². The van der Waals surface area contributed by atoms with E-state index in [0.717, 1.165) is 18.9 Å². The van der Waals surface area contributed by atoms with Gasteiger partial charge in [-0.3, -0.25) is 4.79 Å². The lowest BCUT2D eigenvalue weighted by molar-refractivity contribution is -0.145. The molecule has 0 aliphatic heterocycles. The van der Waals surface area contributed by atoms with Gasteiger partial charge in [-0.15, -0.1) is 0 Å². The average Bonchev–Trinajstić information content (AvgIpc) is 2.26. The number of amides is 1. The summed E-state index contributed by atoms with van der Waals surface area (Å²) in [6.45, 7) is 7.96. The van der Waals surface area contributed by atoms with E-state index >= 15 is 0 Å². The second kappa shape index (κ2) is 8.95. The van der Waals surface area contributed by atoms with Crippen molar-refractivity contribution in [1.29, 1.82) is 0 Å². The molecule has 0 saturated heterocycles. The number of carbonyl (C=O) groups excluding carboxylic acids is 2. The molecule has 0 saturated carbocycles. The predicted molar refractivity (Wildman–Crippen MR) is 62.9 cm³/mol. The zero-order valence-corrected chi connectivity index (χ0v) is 10.1. The van der Waals surface area contributed by atoms with Gasteiger partial charge in [0.1, 0.15) is 6.10 Å². The van der Waals surface area contributed by atoms with E-state index in [2.05, 4.69) is 11.9 Å². The summed E-state index contributed by atoms with van der Waals surface area (Å²) in [6, 6.07) is 0. The lowest BCUT2D eigenvalue weighted by Crippen LogP contribution is -2.30. The predicted octanol–water partition coefficient (Wildman–Crippen LogP) is 1.80. The molecule has 1 unspecified atom stereocenters. The van der Waals surface area contributed by atoms with Crippen LogP contribution in [0.2, 0.25) is 0 Å². The van der Waals surface area contributed by atoms with Gasteiger partial charge in [0.25, 0.3) is 0 Å². The fourth-order valence-electron chi connectivity index (χ4n) is 1.28. The second-order valence-corrected chi connectivity index (χ2v) is 3.61. The third-order valence-electron chi connectivity index (χ3n) is 2.05. The average molecular weight is 227 g/mol. The fourth-order valence-corrected chi connectivity index (χ4v) is 1.28. The molecular weight excluding hydrogens is 206 g/mol. The van der Waals surface area contributed by atoms with E-state index in [1.165, 1.54) is 0 Å². The van der Waals surface area contributed by atoms with Crippen LogP contribution in [0.1, 0.15) is 39.5 Å². The molecule has 0 aromatic rings. The molecule has 0 bridgehead atoms. The largest absolute Gasteiger partial charge is 0.459 e. The Kier molecular flexibility index (Phi) is 8.21. The lowest BCUT2D eigenvalue weighted by Gasteiger charge is -2.15. The van der Waals surface area contributed by atoms with Crippen LogP contribution in [0, 0.1) is 0 Å². The molecule has 0 aromatic heterocycles. The topological polar surface area (TPSA) is 55.4 Å². The Balaban J connectivity index is 4.05. The number of carbonyl (C=O) groups is 2. The van der Waals surface area contributed by atoms with Crippen molar-refractivity contribution in [2.75, 3.05) is 6.54 Å². The number of hydrogen-bond acceptors (Lipinski definition) is 3. The summed E-state index contributed by atoms with van der Waals surface area (Å²) in [5, 5.41) is 2.76. The van der Waals surface area contributed by atoms with Crippen LogP contribution in [-0.2, 0) is 14.3 Å². The van der Waals surface area contributed by atoms with Gasteiger partial charge >= 0.3 is 5.97 Å². The molecule has 16 heavy (non-hydrogen) atoms. The van der Waals surface area contributed by atoms with E-state index in [4.69, 9.17) is 4.74 Å². The van der Waals surface area contributed by atoms with Crippen molar-refractivity contribution in [2.45, 2.75) is 45.6 Å². The van der Waals surface area contributed by atoms with Crippen LogP contribution in [-0.4, -0.2) is 24.5 Å². The van der Waals surface area contributed by atoms with Gasteiger partial charge in [-0.25, -0.2) is 4.79 Å². The lowest BCUT2D eigenvalue weighted by atomic mass is 10.1. The van der Waals surface area contributed by atoms with Crippen LogP contribution in [0.15, 0.2) is 12.7 Å². The number of esters is 1. The van der Waals surface area contributed by atoms with Gasteiger partial charge < -0.3 is 10.1 Å². The summed E-state index contributed by atoms with van der Waals surface area (Å²) in [5.41, 5.74) is 0. The van der Waals surface area contributed by atoms with Gasteiger partial charge in [0, 0.05) is 12.6 Å². The van der Waals surface area contributed by atoms with Gasteiger partial charge in [0.2, 0.25) is 5.91 Å². The first-order valence-corrected chi connectivity index (χ1v) is 5.73. The van der Waals surface area contributed by atoms with Crippen LogP contribution >= 0.6 is 0 Å². The van der Waals surface area contributed by atoms with E-state index in [0.29, 0.717) is 13.0 Å². The van der Waals surface area contributed by atoms with Crippen molar-refractivity contribution in [2.24, 2.45) is 0 Å². The molecule has 1 N–H and O–H groups in total. The third-order valence-corrected chi connectivity index (χ3v) is 2.05. The quantitative estimate of drug-likeness (QED) is 0.508. The Labute approximate surface area is 97.1 Å². The molecule has 0 aromatic carbocycles. The highest BCUT2D eigenvalue weighted by Gasteiger charge is 2.15. The Morgan fingerprint density at radius 1 is 1.38 bits per heavy atom. The van der Waals surface area contributed by atoms with Crippen molar-refractivity contribution in [1.82, 2.24) is 5.32 Å². The summed E-state index contributed by atoms with van der Waals surface area (Å²) in [7, 11) is 0. The minimum atomic E-state index is -0.471. The standard InChI is InChI=1S/C12H21NO3/c1-4-7-10(16-12(15)6-3)9-11(14)13-8-5-2/h6,10H,3-5,7-9H2,1-2H3,(H,13,14). The Hall–Kier alpha value is -1.32.